The van der Waals surface area contributed by atoms with Crippen LogP contribution < -0.4 is 16.4 Å². The second-order valence-corrected chi connectivity index (χ2v) is 5.49. The van der Waals surface area contributed by atoms with E-state index in [0.29, 0.717) is 11.3 Å². The summed E-state index contributed by atoms with van der Waals surface area (Å²) in [5.74, 6) is -0.399. The van der Waals surface area contributed by atoms with Gasteiger partial charge in [0.25, 0.3) is 5.91 Å². The molecular weight excluding hydrogens is 242 g/mol. The van der Waals surface area contributed by atoms with Crippen molar-refractivity contribution in [3.63, 3.8) is 0 Å². The molecule has 5 heteroatoms. The van der Waals surface area contributed by atoms with Crippen LogP contribution in [-0.4, -0.2) is 24.9 Å². The summed E-state index contributed by atoms with van der Waals surface area (Å²) in [5, 5.41) is 5.27. The summed E-state index contributed by atoms with van der Waals surface area (Å²) in [6, 6.07) is 6.07. The van der Waals surface area contributed by atoms with Gasteiger partial charge in [0.15, 0.2) is 0 Å². The highest BCUT2D eigenvalue weighted by atomic mass is 16.2. The molecule has 1 rings (SSSR count). The van der Waals surface area contributed by atoms with Crippen LogP contribution in [0.5, 0.6) is 0 Å². The zero-order valence-electron chi connectivity index (χ0n) is 11.8. The van der Waals surface area contributed by atoms with Gasteiger partial charge in [0.2, 0.25) is 5.91 Å². The van der Waals surface area contributed by atoms with Crippen LogP contribution in [0.25, 0.3) is 0 Å². The van der Waals surface area contributed by atoms with E-state index in [4.69, 9.17) is 5.73 Å². The Kier molecular flexibility index (Phi) is 4.67. The standard InChI is InChI=1S/C14H21N3O2/c1-14(2,3)11(15)13(19)17-10-7-5-9(6-8-10)12(18)16-4/h5-8,11H,15H2,1-4H3,(H,16,18)(H,17,19). The molecular formula is C14H21N3O2. The topological polar surface area (TPSA) is 84.2 Å². The van der Waals surface area contributed by atoms with Crippen LogP contribution in [0.3, 0.4) is 0 Å². The molecule has 0 saturated carbocycles. The second-order valence-electron chi connectivity index (χ2n) is 5.49. The van der Waals surface area contributed by atoms with Crippen molar-refractivity contribution in [3.05, 3.63) is 29.8 Å². The predicted octanol–water partition coefficient (Wildman–Crippen LogP) is 1.36. The van der Waals surface area contributed by atoms with E-state index in [1.165, 1.54) is 0 Å². The zero-order valence-corrected chi connectivity index (χ0v) is 11.8. The van der Waals surface area contributed by atoms with Gasteiger partial charge in [-0.3, -0.25) is 9.59 Å². The molecule has 0 fully saturated rings. The van der Waals surface area contributed by atoms with Crippen molar-refractivity contribution in [2.75, 3.05) is 12.4 Å². The Bertz CT molecular complexity index is 461. The fraction of sp³-hybridized carbons (Fsp3) is 0.429. The first-order chi connectivity index (χ1) is 8.75. The van der Waals surface area contributed by atoms with Gasteiger partial charge in [-0.05, 0) is 29.7 Å². The van der Waals surface area contributed by atoms with Crippen molar-refractivity contribution in [2.45, 2.75) is 26.8 Å². The van der Waals surface area contributed by atoms with Gasteiger partial charge in [0.05, 0.1) is 6.04 Å². The number of hydrogen-bond donors (Lipinski definition) is 3. The number of nitrogens with two attached hydrogens (primary N) is 1. The Labute approximate surface area is 113 Å². The van der Waals surface area contributed by atoms with Gasteiger partial charge >= 0.3 is 0 Å². The fourth-order valence-electron chi connectivity index (χ4n) is 1.46. The van der Waals surface area contributed by atoms with Gasteiger partial charge in [-0.25, -0.2) is 0 Å². The summed E-state index contributed by atoms with van der Waals surface area (Å²) in [6.45, 7) is 5.73. The highest BCUT2D eigenvalue weighted by molar-refractivity contribution is 5.97. The van der Waals surface area contributed by atoms with Crippen molar-refractivity contribution in [2.24, 2.45) is 11.1 Å². The molecule has 1 aromatic rings. The first kappa shape index (κ1) is 15.2. The maximum Gasteiger partial charge on any atom is 0.251 e. The van der Waals surface area contributed by atoms with Gasteiger partial charge in [-0.2, -0.15) is 0 Å². The van der Waals surface area contributed by atoms with Gasteiger partial charge in [0.1, 0.15) is 0 Å². The van der Waals surface area contributed by atoms with Gasteiger partial charge in [0, 0.05) is 18.3 Å². The van der Waals surface area contributed by atoms with Crippen molar-refractivity contribution >= 4 is 17.5 Å². The Balaban J connectivity index is 2.73. The number of carbonyl (C=O) groups is 2. The minimum absolute atomic E-state index is 0.163. The van der Waals surface area contributed by atoms with Crippen LogP contribution in [0.1, 0.15) is 31.1 Å². The molecule has 1 atom stereocenters. The molecule has 0 aliphatic rings. The maximum atomic E-state index is 11.9. The Hall–Kier alpha value is -1.88. The van der Waals surface area contributed by atoms with Crippen LogP contribution >= 0.6 is 0 Å². The average molecular weight is 263 g/mol. The molecule has 0 saturated heterocycles. The fourth-order valence-corrected chi connectivity index (χ4v) is 1.46. The quantitative estimate of drug-likeness (QED) is 0.769. The largest absolute Gasteiger partial charge is 0.355 e. The smallest absolute Gasteiger partial charge is 0.251 e. The molecule has 1 unspecified atom stereocenters. The summed E-state index contributed by atoms with van der Waals surface area (Å²) in [5.41, 5.74) is 6.73. The summed E-state index contributed by atoms with van der Waals surface area (Å²) in [6.07, 6.45) is 0. The van der Waals surface area contributed by atoms with E-state index >= 15 is 0 Å². The van der Waals surface area contributed by atoms with E-state index in [0.717, 1.165) is 0 Å². The van der Waals surface area contributed by atoms with Crippen LogP contribution in [-0.2, 0) is 4.79 Å². The first-order valence-corrected chi connectivity index (χ1v) is 6.14. The molecule has 0 aliphatic heterocycles. The number of amides is 2. The lowest BCUT2D eigenvalue weighted by atomic mass is 9.87. The number of anilines is 1. The van der Waals surface area contributed by atoms with Crippen molar-refractivity contribution in [1.82, 2.24) is 5.32 Å². The number of hydrogen-bond acceptors (Lipinski definition) is 3. The van der Waals surface area contributed by atoms with E-state index < -0.39 is 6.04 Å². The minimum Gasteiger partial charge on any atom is -0.355 e. The summed E-state index contributed by atoms with van der Waals surface area (Å²) in [7, 11) is 1.57. The van der Waals surface area contributed by atoms with Gasteiger partial charge < -0.3 is 16.4 Å². The molecule has 0 heterocycles. The summed E-state index contributed by atoms with van der Waals surface area (Å²) < 4.78 is 0. The van der Waals surface area contributed by atoms with Crippen LogP contribution in [0, 0.1) is 5.41 Å². The number of carbonyl (C=O) groups excluding carboxylic acids is 2. The molecule has 19 heavy (non-hydrogen) atoms. The molecule has 0 bridgehead atoms. The SMILES string of the molecule is CNC(=O)c1ccc(NC(=O)C(N)C(C)(C)C)cc1. The van der Waals surface area contributed by atoms with E-state index in [2.05, 4.69) is 10.6 Å². The monoisotopic (exact) mass is 263 g/mol. The molecule has 104 valence electrons. The predicted molar refractivity (Wildman–Crippen MR) is 75.9 cm³/mol. The van der Waals surface area contributed by atoms with E-state index in [1.807, 2.05) is 20.8 Å². The molecule has 4 N–H and O–H groups in total. The highest BCUT2D eigenvalue weighted by Crippen LogP contribution is 2.19. The third-order valence-corrected chi connectivity index (χ3v) is 2.86. The molecule has 0 radical (unpaired) electrons. The normalized spacial score (nSPS) is 12.7. The lowest BCUT2D eigenvalue weighted by Crippen LogP contribution is -2.45. The minimum atomic E-state index is -0.592. The molecule has 1 aromatic carbocycles. The van der Waals surface area contributed by atoms with E-state index in [1.54, 1.807) is 31.3 Å². The van der Waals surface area contributed by atoms with Crippen LogP contribution in [0.4, 0.5) is 5.69 Å². The average Bonchev–Trinajstić information content (AvgIpc) is 2.36. The van der Waals surface area contributed by atoms with E-state index in [-0.39, 0.29) is 17.2 Å². The van der Waals surface area contributed by atoms with Crippen LogP contribution in [0.2, 0.25) is 0 Å². The third kappa shape index (κ3) is 4.06. The van der Waals surface area contributed by atoms with Crippen molar-refractivity contribution in [1.29, 1.82) is 0 Å². The molecule has 0 aliphatic carbocycles. The summed E-state index contributed by atoms with van der Waals surface area (Å²) in [4.78, 5) is 23.3. The summed E-state index contributed by atoms with van der Waals surface area (Å²) >= 11 is 0. The van der Waals surface area contributed by atoms with Gasteiger partial charge in [-0.1, -0.05) is 20.8 Å². The highest BCUT2D eigenvalue weighted by Gasteiger charge is 2.27. The Morgan fingerprint density at radius 2 is 1.68 bits per heavy atom. The number of nitrogens with one attached hydrogen (secondary N) is 2. The number of rotatable bonds is 3. The van der Waals surface area contributed by atoms with Crippen molar-refractivity contribution < 1.29 is 9.59 Å². The lowest BCUT2D eigenvalue weighted by Gasteiger charge is -2.25. The second kappa shape index (κ2) is 5.84. The van der Waals surface area contributed by atoms with Crippen LogP contribution in [0.15, 0.2) is 24.3 Å². The van der Waals surface area contributed by atoms with Crippen molar-refractivity contribution in [3.8, 4) is 0 Å². The Morgan fingerprint density at radius 1 is 1.16 bits per heavy atom. The van der Waals surface area contributed by atoms with Gasteiger partial charge in [-0.15, -0.1) is 0 Å². The molecule has 5 nitrogen and oxygen atoms in total. The maximum absolute atomic E-state index is 11.9. The molecule has 0 aromatic heterocycles. The number of benzene rings is 1. The first-order valence-electron chi connectivity index (χ1n) is 6.14. The zero-order chi connectivity index (χ0) is 14.6. The lowest BCUT2D eigenvalue weighted by molar-refractivity contribution is -0.119. The molecule has 0 spiro atoms. The molecule has 2 amide bonds. The van der Waals surface area contributed by atoms with E-state index in [9.17, 15) is 9.59 Å². The Morgan fingerprint density at radius 3 is 2.11 bits per heavy atom. The third-order valence-electron chi connectivity index (χ3n) is 2.86.